The van der Waals surface area contributed by atoms with E-state index < -0.39 is 0 Å². The van der Waals surface area contributed by atoms with E-state index in [2.05, 4.69) is 19.2 Å². The summed E-state index contributed by atoms with van der Waals surface area (Å²) in [7, 11) is 0. The molecule has 15 heavy (non-hydrogen) atoms. The second-order valence-corrected chi connectivity index (χ2v) is 4.63. The minimum atomic E-state index is -0.378. The van der Waals surface area contributed by atoms with Gasteiger partial charge in [0.2, 0.25) is 5.91 Å². The molecule has 2 N–H and O–H groups in total. The normalized spacial score (nSPS) is 12.9. The summed E-state index contributed by atoms with van der Waals surface area (Å²) in [5, 5.41) is 11.9. The summed E-state index contributed by atoms with van der Waals surface area (Å²) in [4.78, 5) is 11.2. The van der Waals surface area contributed by atoms with E-state index in [0.29, 0.717) is 12.8 Å². The Morgan fingerprint density at radius 1 is 1.20 bits per heavy atom. The van der Waals surface area contributed by atoms with Gasteiger partial charge in [-0.05, 0) is 25.7 Å². The van der Waals surface area contributed by atoms with Gasteiger partial charge in [0.25, 0.3) is 0 Å². The number of hydrogen-bond acceptors (Lipinski definition) is 2. The van der Waals surface area contributed by atoms with E-state index in [1.165, 1.54) is 12.8 Å². The zero-order chi connectivity index (χ0) is 11.7. The fraction of sp³-hybridized carbons (Fsp3) is 0.917. The first-order chi connectivity index (χ1) is 7.02. The van der Waals surface area contributed by atoms with E-state index in [9.17, 15) is 4.79 Å². The van der Waals surface area contributed by atoms with Crippen LogP contribution in [-0.2, 0) is 4.79 Å². The van der Waals surface area contributed by atoms with Gasteiger partial charge in [-0.15, -0.1) is 0 Å². The molecule has 0 aliphatic heterocycles. The highest BCUT2D eigenvalue weighted by Gasteiger charge is 2.03. The van der Waals surface area contributed by atoms with E-state index in [-0.39, 0.29) is 12.0 Å². The van der Waals surface area contributed by atoms with Crippen LogP contribution < -0.4 is 5.32 Å². The summed E-state index contributed by atoms with van der Waals surface area (Å²) in [6.07, 6.45) is 4.06. The average molecular weight is 215 g/mol. The fourth-order valence-corrected chi connectivity index (χ4v) is 1.33. The first-order valence-corrected chi connectivity index (χ1v) is 5.97. The Morgan fingerprint density at radius 2 is 1.87 bits per heavy atom. The summed E-state index contributed by atoms with van der Waals surface area (Å²) in [6.45, 7) is 6.89. The zero-order valence-electron chi connectivity index (χ0n) is 10.3. The van der Waals surface area contributed by atoms with Gasteiger partial charge in [-0.1, -0.05) is 26.7 Å². The summed E-state index contributed by atoms with van der Waals surface area (Å²) in [5.74, 6) is 0.802. The maximum Gasteiger partial charge on any atom is 0.220 e. The van der Waals surface area contributed by atoms with Crippen LogP contribution in [0.1, 0.15) is 52.9 Å². The second-order valence-electron chi connectivity index (χ2n) is 4.63. The summed E-state index contributed by atoms with van der Waals surface area (Å²) in [5.41, 5.74) is 0. The summed E-state index contributed by atoms with van der Waals surface area (Å²) in [6, 6.07) is 0. The molecule has 0 rings (SSSR count). The quantitative estimate of drug-likeness (QED) is 0.609. The van der Waals surface area contributed by atoms with Crippen molar-refractivity contribution in [2.24, 2.45) is 5.92 Å². The smallest absolute Gasteiger partial charge is 0.220 e. The van der Waals surface area contributed by atoms with Crippen LogP contribution in [0.15, 0.2) is 0 Å². The standard InChI is InChI=1S/C12H25NO2/c1-10(2)6-4-5-9-13-12(15)8-7-11(3)14/h10-11,14H,4-9H2,1-3H3,(H,13,15). The molecule has 3 heteroatoms. The molecule has 0 aliphatic carbocycles. The molecule has 0 radical (unpaired) electrons. The Bertz CT molecular complexity index is 167. The van der Waals surface area contributed by atoms with Gasteiger partial charge in [-0.25, -0.2) is 0 Å². The lowest BCUT2D eigenvalue weighted by molar-refractivity contribution is -0.121. The van der Waals surface area contributed by atoms with Crippen molar-refractivity contribution in [1.82, 2.24) is 5.32 Å². The van der Waals surface area contributed by atoms with Gasteiger partial charge in [-0.3, -0.25) is 4.79 Å². The van der Waals surface area contributed by atoms with Crippen LogP contribution in [0.3, 0.4) is 0 Å². The van der Waals surface area contributed by atoms with Gasteiger partial charge in [0, 0.05) is 13.0 Å². The molecule has 0 aromatic carbocycles. The van der Waals surface area contributed by atoms with Gasteiger partial charge in [0.15, 0.2) is 0 Å². The second kappa shape index (κ2) is 8.72. The highest BCUT2D eigenvalue weighted by molar-refractivity contribution is 5.75. The molecular formula is C12H25NO2. The number of unbranched alkanes of at least 4 members (excludes halogenated alkanes) is 1. The Balaban J connectivity index is 3.24. The molecule has 0 spiro atoms. The van der Waals surface area contributed by atoms with E-state index >= 15 is 0 Å². The number of carbonyl (C=O) groups excluding carboxylic acids is 1. The first-order valence-electron chi connectivity index (χ1n) is 5.97. The van der Waals surface area contributed by atoms with Gasteiger partial charge < -0.3 is 10.4 Å². The molecule has 90 valence electrons. The minimum Gasteiger partial charge on any atom is -0.393 e. The lowest BCUT2D eigenvalue weighted by Gasteiger charge is -2.07. The zero-order valence-corrected chi connectivity index (χ0v) is 10.3. The Labute approximate surface area is 93.3 Å². The van der Waals surface area contributed by atoms with Crippen LogP contribution in [-0.4, -0.2) is 23.7 Å². The van der Waals surface area contributed by atoms with Crippen molar-refractivity contribution in [2.45, 2.75) is 59.0 Å². The van der Waals surface area contributed by atoms with Crippen LogP contribution in [0, 0.1) is 5.92 Å². The van der Waals surface area contributed by atoms with Crippen LogP contribution in [0.5, 0.6) is 0 Å². The molecule has 0 saturated heterocycles. The minimum absolute atomic E-state index is 0.0560. The van der Waals surface area contributed by atoms with Crippen molar-refractivity contribution in [2.75, 3.05) is 6.54 Å². The van der Waals surface area contributed by atoms with E-state index in [1.807, 2.05) is 0 Å². The molecule has 0 fully saturated rings. The maximum atomic E-state index is 11.2. The lowest BCUT2D eigenvalue weighted by Crippen LogP contribution is -2.25. The van der Waals surface area contributed by atoms with Crippen molar-refractivity contribution < 1.29 is 9.90 Å². The summed E-state index contributed by atoms with van der Waals surface area (Å²) < 4.78 is 0. The molecule has 0 aromatic rings. The highest BCUT2D eigenvalue weighted by Crippen LogP contribution is 2.05. The molecule has 1 amide bonds. The monoisotopic (exact) mass is 215 g/mol. The average Bonchev–Trinajstić information content (AvgIpc) is 2.13. The third-order valence-electron chi connectivity index (χ3n) is 2.32. The lowest BCUT2D eigenvalue weighted by atomic mass is 10.1. The van der Waals surface area contributed by atoms with Crippen LogP contribution >= 0.6 is 0 Å². The van der Waals surface area contributed by atoms with Crippen LogP contribution in [0.4, 0.5) is 0 Å². The Kier molecular flexibility index (Phi) is 8.38. The van der Waals surface area contributed by atoms with Crippen molar-refractivity contribution in [3.63, 3.8) is 0 Å². The van der Waals surface area contributed by atoms with Gasteiger partial charge in [0.05, 0.1) is 6.10 Å². The van der Waals surface area contributed by atoms with Crippen LogP contribution in [0.25, 0.3) is 0 Å². The van der Waals surface area contributed by atoms with Crippen molar-refractivity contribution >= 4 is 5.91 Å². The molecule has 3 nitrogen and oxygen atoms in total. The molecule has 0 heterocycles. The number of carbonyl (C=O) groups is 1. The molecule has 0 saturated carbocycles. The molecule has 0 bridgehead atoms. The number of aliphatic hydroxyl groups is 1. The number of nitrogens with one attached hydrogen (secondary N) is 1. The third-order valence-corrected chi connectivity index (χ3v) is 2.32. The predicted octanol–water partition coefficient (Wildman–Crippen LogP) is 2.09. The molecule has 1 unspecified atom stereocenters. The van der Waals surface area contributed by atoms with Crippen molar-refractivity contribution in [3.05, 3.63) is 0 Å². The van der Waals surface area contributed by atoms with Crippen molar-refractivity contribution in [1.29, 1.82) is 0 Å². The predicted molar refractivity (Wildman–Crippen MR) is 62.6 cm³/mol. The number of aliphatic hydroxyl groups excluding tert-OH is 1. The van der Waals surface area contributed by atoms with Crippen LogP contribution in [0.2, 0.25) is 0 Å². The van der Waals surface area contributed by atoms with Gasteiger partial charge in [-0.2, -0.15) is 0 Å². The topological polar surface area (TPSA) is 49.3 Å². The highest BCUT2D eigenvalue weighted by atomic mass is 16.3. The number of amides is 1. The fourth-order valence-electron chi connectivity index (χ4n) is 1.33. The number of rotatable bonds is 8. The van der Waals surface area contributed by atoms with Gasteiger partial charge >= 0.3 is 0 Å². The molecule has 0 aromatic heterocycles. The Morgan fingerprint density at radius 3 is 2.40 bits per heavy atom. The SMILES string of the molecule is CC(C)CCCCNC(=O)CCC(C)O. The maximum absolute atomic E-state index is 11.2. The van der Waals surface area contributed by atoms with E-state index in [4.69, 9.17) is 5.11 Å². The molecular weight excluding hydrogens is 190 g/mol. The largest absolute Gasteiger partial charge is 0.393 e. The molecule has 0 aliphatic rings. The summed E-state index contributed by atoms with van der Waals surface area (Å²) >= 11 is 0. The first kappa shape index (κ1) is 14.4. The van der Waals surface area contributed by atoms with E-state index in [1.54, 1.807) is 6.92 Å². The number of hydrogen-bond donors (Lipinski definition) is 2. The third kappa shape index (κ3) is 11.4. The van der Waals surface area contributed by atoms with Crippen molar-refractivity contribution in [3.8, 4) is 0 Å². The van der Waals surface area contributed by atoms with Gasteiger partial charge in [0.1, 0.15) is 0 Å². The van der Waals surface area contributed by atoms with E-state index in [0.717, 1.165) is 18.9 Å². The molecule has 1 atom stereocenters. The Hall–Kier alpha value is -0.570.